The number of carbonyl (C=O) groups excluding carboxylic acids is 1. The van der Waals surface area contributed by atoms with Crippen LogP contribution < -0.4 is 11.5 Å². The number of aromatic nitrogens is 2. The van der Waals surface area contributed by atoms with Crippen molar-refractivity contribution in [1.82, 2.24) is 9.55 Å². The van der Waals surface area contributed by atoms with Crippen LogP contribution in [0.25, 0.3) is 0 Å². The Hall–Kier alpha value is -1.36. The van der Waals surface area contributed by atoms with Gasteiger partial charge in [0.15, 0.2) is 0 Å². The molecule has 1 aromatic heterocycles. The Morgan fingerprint density at radius 2 is 2.50 bits per heavy atom. The number of hydrogen-bond acceptors (Lipinski definition) is 3. The minimum absolute atomic E-state index is 0.359. The molecule has 1 atom stereocenters. The van der Waals surface area contributed by atoms with Crippen LogP contribution in [0.5, 0.6) is 0 Å². The van der Waals surface area contributed by atoms with Crippen LogP contribution in [0.15, 0.2) is 12.5 Å². The van der Waals surface area contributed by atoms with Gasteiger partial charge >= 0.3 is 0 Å². The second kappa shape index (κ2) is 3.36. The molecule has 66 valence electrons. The summed E-state index contributed by atoms with van der Waals surface area (Å²) >= 11 is 0. The molecule has 5 nitrogen and oxygen atoms in total. The van der Waals surface area contributed by atoms with Crippen molar-refractivity contribution in [3.8, 4) is 0 Å². The lowest BCUT2D eigenvalue weighted by atomic mass is 10.3. The van der Waals surface area contributed by atoms with Crippen molar-refractivity contribution in [3.63, 3.8) is 0 Å². The quantitative estimate of drug-likeness (QED) is 0.631. The minimum atomic E-state index is -0.386. The lowest BCUT2D eigenvalue weighted by Crippen LogP contribution is -2.25. The van der Waals surface area contributed by atoms with Crippen molar-refractivity contribution in [1.29, 1.82) is 0 Å². The first-order valence-electron chi connectivity index (χ1n) is 3.67. The molecule has 0 fully saturated rings. The number of hydrogen-bond donors (Lipinski definition) is 2. The number of rotatable bonds is 3. The van der Waals surface area contributed by atoms with Gasteiger partial charge in [0.2, 0.25) is 5.91 Å². The van der Waals surface area contributed by atoms with E-state index in [2.05, 4.69) is 4.98 Å². The van der Waals surface area contributed by atoms with Crippen LogP contribution in [0.2, 0.25) is 0 Å². The van der Waals surface area contributed by atoms with E-state index in [4.69, 9.17) is 11.5 Å². The lowest BCUT2D eigenvalue weighted by Gasteiger charge is -2.11. The highest BCUT2D eigenvalue weighted by atomic mass is 16.1. The highest BCUT2D eigenvalue weighted by molar-refractivity contribution is 5.77. The number of primary amides is 1. The van der Waals surface area contributed by atoms with Crippen LogP contribution in [0.3, 0.4) is 0 Å². The third kappa shape index (κ3) is 1.45. The molecule has 0 aliphatic rings. The Kier molecular flexibility index (Phi) is 2.44. The summed E-state index contributed by atoms with van der Waals surface area (Å²) in [6.45, 7) is 2.07. The van der Waals surface area contributed by atoms with Gasteiger partial charge in [-0.05, 0) is 6.92 Å². The molecular weight excluding hydrogens is 156 g/mol. The highest BCUT2D eigenvalue weighted by Crippen LogP contribution is 2.07. The molecule has 5 heteroatoms. The van der Waals surface area contributed by atoms with Crippen LogP contribution in [0.4, 0.5) is 0 Å². The second-order valence-corrected chi connectivity index (χ2v) is 2.57. The molecule has 0 saturated heterocycles. The van der Waals surface area contributed by atoms with Gasteiger partial charge in [-0.15, -0.1) is 0 Å². The fourth-order valence-electron chi connectivity index (χ4n) is 0.976. The summed E-state index contributed by atoms with van der Waals surface area (Å²) in [6.07, 6.45) is 3.18. The molecule has 0 bridgehead atoms. The van der Waals surface area contributed by atoms with E-state index in [0.29, 0.717) is 6.54 Å². The predicted octanol–water partition coefficient (Wildman–Crippen LogP) is -0.612. The molecule has 0 aromatic carbocycles. The Labute approximate surface area is 70.4 Å². The molecule has 0 saturated carbocycles. The van der Waals surface area contributed by atoms with Crippen molar-refractivity contribution in [2.24, 2.45) is 11.5 Å². The van der Waals surface area contributed by atoms with Gasteiger partial charge in [-0.2, -0.15) is 0 Å². The second-order valence-electron chi connectivity index (χ2n) is 2.57. The smallest absolute Gasteiger partial charge is 0.240 e. The zero-order valence-electron chi connectivity index (χ0n) is 6.90. The Morgan fingerprint density at radius 1 is 1.83 bits per heavy atom. The van der Waals surface area contributed by atoms with E-state index in [1.54, 1.807) is 24.0 Å². The van der Waals surface area contributed by atoms with E-state index in [-0.39, 0.29) is 11.9 Å². The van der Waals surface area contributed by atoms with E-state index < -0.39 is 0 Å². The van der Waals surface area contributed by atoms with Crippen LogP contribution in [0.1, 0.15) is 18.7 Å². The summed E-state index contributed by atoms with van der Waals surface area (Å²) in [5, 5.41) is 0. The summed E-state index contributed by atoms with van der Waals surface area (Å²) in [7, 11) is 0. The summed E-state index contributed by atoms with van der Waals surface area (Å²) in [5.41, 5.74) is 11.3. The van der Waals surface area contributed by atoms with Gasteiger partial charge in [-0.3, -0.25) is 4.79 Å². The maximum Gasteiger partial charge on any atom is 0.240 e. The standard InChI is InChI=1S/C7H12N4O/c1-5(7(9)12)11-4-10-3-6(11)2-8/h3-5H,2,8H2,1H3,(H2,9,12). The van der Waals surface area contributed by atoms with Crippen molar-refractivity contribution < 1.29 is 4.79 Å². The van der Waals surface area contributed by atoms with Gasteiger partial charge < -0.3 is 16.0 Å². The molecule has 1 aromatic rings. The fraction of sp³-hybridized carbons (Fsp3) is 0.429. The average molecular weight is 168 g/mol. The molecule has 1 rings (SSSR count). The van der Waals surface area contributed by atoms with Gasteiger partial charge in [0, 0.05) is 12.7 Å². The largest absolute Gasteiger partial charge is 0.368 e. The van der Waals surface area contributed by atoms with E-state index >= 15 is 0 Å². The molecule has 0 aliphatic carbocycles. The van der Waals surface area contributed by atoms with Gasteiger partial charge in [-0.1, -0.05) is 0 Å². The summed E-state index contributed by atoms with van der Waals surface area (Å²) in [6, 6.07) is -0.383. The molecule has 0 aliphatic heterocycles. The van der Waals surface area contributed by atoms with E-state index in [1.165, 1.54) is 0 Å². The maximum absolute atomic E-state index is 10.8. The van der Waals surface area contributed by atoms with Crippen LogP contribution >= 0.6 is 0 Å². The molecule has 0 spiro atoms. The normalized spacial score (nSPS) is 12.8. The molecule has 1 heterocycles. The Bertz CT molecular complexity index is 281. The number of imidazole rings is 1. The highest BCUT2D eigenvalue weighted by Gasteiger charge is 2.12. The first kappa shape index (κ1) is 8.73. The van der Waals surface area contributed by atoms with Crippen molar-refractivity contribution >= 4 is 5.91 Å². The number of nitrogens with two attached hydrogens (primary N) is 2. The third-order valence-electron chi connectivity index (χ3n) is 1.78. The van der Waals surface area contributed by atoms with Gasteiger partial charge in [0.25, 0.3) is 0 Å². The third-order valence-corrected chi connectivity index (χ3v) is 1.78. The topological polar surface area (TPSA) is 86.9 Å². The minimum Gasteiger partial charge on any atom is -0.368 e. The van der Waals surface area contributed by atoms with Crippen molar-refractivity contribution in [2.75, 3.05) is 0 Å². The zero-order chi connectivity index (χ0) is 9.14. The predicted molar refractivity (Wildman–Crippen MR) is 44.0 cm³/mol. The molecule has 4 N–H and O–H groups in total. The van der Waals surface area contributed by atoms with Crippen LogP contribution in [-0.4, -0.2) is 15.5 Å². The zero-order valence-corrected chi connectivity index (χ0v) is 6.90. The first-order chi connectivity index (χ1) is 5.66. The molecule has 1 amide bonds. The maximum atomic E-state index is 10.8. The van der Waals surface area contributed by atoms with Gasteiger partial charge in [-0.25, -0.2) is 4.98 Å². The lowest BCUT2D eigenvalue weighted by molar-refractivity contribution is -0.120. The summed E-state index contributed by atoms with van der Waals surface area (Å²) in [4.78, 5) is 14.7. The Balaban J connectivity index is 2.93. The van der Waals surface area contributed by atoms with Gasteiger partial charge in [0.1, 0.15) is 6.04 Å². The van der Waals surface area contributed by atoms with E-state index in [9.17, 15) is 4.79 Å². The molecule has 1 unspecified atom stereocenters. The van der Waals surface area contributed by atoms with E-state index in [0.717, 1.165) is 5.69 Å². The molecule has 0 radical (unpaired) electrons. The number of nitrogens with zero attached hydrogens (tertiary/aromatic N) is 2. The molecule has 12 heavy (non-hydrogen) atoms. The fourth-order valence-corrected chi connectivity index (χ4v) is 0.976. The Morgan fingerprint density at radius 3 is 3.00 bits per heavy atom. The SMILES string of the molecule is CC(C(N)=O)n1cncc1CN. The summed E-state index contributed by atoms with van der Waals surface area (Å²) in [5.74, 6) is -0.386. The van der Waals surface area contributed by atoms with Crippen molar-refractivity contribution in [3.05, 3.63) is 18.2 Å². The average Bonchev–Trinajstić information content (AvgIpc) is 2.49. The van der Waals surface area contributed by atoms with Crippen molar-refractivity contribution in [2.45, 2.75) is 19.5 Å². The monoisotopic (exact) mass is 168 g/mol. The number of amides is 1. The van der Waals surface area contributed by atoms with Crippen LogP contribution in [0, 0.1) is 0 Å². The van der Waals surface area contributed by atoms with Gasteiger partial charge in [0.05, 0.1) is 12.0 Å². The summed E-state index contributed by atoms with van der Waals surface area (Å²) < 4.78 is 1.67. The number of carbonyl (C=O) groups is 1. The van der Waals surface area contributed by atoms with E-state index in [1.807, 2.05) is 0 Å². The first-order valence-corrected chi connectivity index (χ1v) is 3.67. The van der Waals surface area contributed by atoms with Crippen LogP contribution in [-0.2, 0) is 11.3 Å². The molecular formula is C7H12N4O.